The van der Waals surface area contributed by atoms with Crippen LogP contribution in [-0.4, -0.2) is 30.3 Å². The lowest BCUT2D eigenvalue weighted by atomic mass is 10.3. The highest BCUT2D eigenvalue weighted by molar-refractivity contribution is 7.93. The predicted octanol–water partition coefficient (Wildman–Crippen LogP) is 5.03. The number of hydrogen-bond acceptors (Lipinski definition) is 6. The van der Waals surface area contributed by atoms with Gasteiger partial charge in [0.1, 0.15) is 15.4 Å². The average Bonchev–Trinajstić information content (AvgIpc) is 3.31. The van der Waals surface area contributed by atoms with Crippen molar-refractivity contribution in [3.8, 4) is 0 Å². The molecule has 36 heavy (non-hydrogen) atoms. The monoisotopic (exact) mass is 538 g/mol. The van der Waals surface area contributed by atoms with Crippen molar-refractivity contribution < 1.29 is 13.2 Å². The van der Waals surface area contributed by atoms with E-state index in [1.54, 1.807) is 61.7 Å². The fourth-order valence-electron chi connectivity index (χ4n) is 3.84. The van der Waals surface area contributed by atoms with Crippen molar-refractivity contribution >= 4 is 66.1 Å². The summed E-state index contributed by atoms with van der Waals surface area (Å²) < 4.78 is 29.6. The van der Waals surface area contributed by atoms with E-state index in [2.05, 4.69) is 10.3 Å². The van der Waals surface area contributed by atoms with Gasteiger partial charge in [0.05, 0.1) is 21.0 Å². The number of aromatic nitrogens is 2. The quantitative estimate of drug-likeness (QED) is 0.327. The highest BCUT2D eigenvalue weighted by Gasteiger charge is 2.27. The Morgan fingerprint density at radius 3 is 2.58 bits per heavy atom. The van der Waals surface area contributed by atoms with Crippen LogP contribution in [0.3, 0.4) is 0 Å². The Balaban J connectivity index is 1.48. The largest absolute Gasteiger partial charge is 0.321 e. The van der Waals surface area contributed by atoms with Crippen LogP contribution in [0.2, 0.25) is 5.02 Å². The summed E-state index contributed by atoms with van der Waals surface area (Å²) in [4.78, 5) is 30.9. The van der Waals surface area contributed by atoms with Gasteiger partial charge in [-0.05, 0) is 55.5 Å². The zero-order chi connectivity index (χ0) is 25.4. The Bertz CT molecular complexity index is 1780. The molecule has 3 heterocycles. The third-order valence-corrected chi connectivity index (χ3v) is 8.94. The molecule has 182 valence electrons. The number of anilines is 2. The van der Waals surface area contributed by atoms with Crippen molar-refractivity contribution in [2.45, 2.75) is 11.8 Å². The van der Waals surface area contributed by atoms with E-state index >= 15 is 0 Å². The van der Waals surface area contributed by atoms with Crippen molar-refractivity contribution in [3.63, 3.8) is 0 Å². The van der Waals surface area contributed by atoms with E-state index in [-0.39, 0.29) is 32.6 Å². The van der Waals surface area contributed by atoms with Crippen molar-refractivity contribution in [2.75, 3.05) is 16.2 Å². The van der Waals surface area contributed by atoms with E-state index in [0.29, 0.717) is 21.6 Å². The molecule has 3 aromatic heterocycles. The standard InChI is InChI=1S/C25H19ClN4O4S2/c1-2-30(17-8-4-3-5-9-17)36(33,34)21-14-16(11-12-19(21)26)27-23(31)20-15-18-24(35-20)28-22-10-6-7-13-29(22)25(18)32/h3-15H,2H2,1H3,(H,27,31). The number of nitrogens with zero attached hydrogens (tertiary/aromatic N) is 3. The molecule has 0 bridgehead atoms. The molecule has 5 aromatic rings. The normalized spacial score (nSPS) is 11.6. The number of rotatable bonds is 6. The van der Waals surface area contributed by atoms with E-state index in [4.69, 9.17) is 11.6 Å². The van der Waals surface area contributed by atoms with Gasteiger partial charge in [-0.15, -0.1) is 11.3 Å². The highest BCUT2D eigenvalue weighted by Crippen LogP contribution is 2.31. The molecular formula is C25H19ClN4O4S2. The minimum absolute atomic E-state index is 0.0353. The lowest BCUT2D eigenvalue weighted by Crippen LogP contribution is -2.31. The number of para-hydroxylation sites is 1. The fraction of sp³-hybridized carbons (Fsp3) is 0.0800. The van der Waals surface area contributed by atoms with E-state index in [1.807, 2.05) is 0 Å². The van der Waals surface area contributed by atoms with Crippen molar-refractivity contribution in [1.82, 2.24) is 9.38 Å². The van der Waals surface area contributed by atoms with Crippen molar-refractivity contribution in [3.05, 3.63) is 99.2 Å². The van der Waals surface area contributed by atoms with Crippen molar-refractivity contribution in [2.24, 2.45) is 0 Å². The molecule has 2 aromatic carbocycles. The van der Waals surface area contributed by atoms with E-state index in [9.17, 15) is 18.0 Å². The number of amides is 1. The molecule has 0 unspecified atom stereocenters. The topological polar surface area (TPSA) is 101 Å². The molecule has 0 atom stereocenters. The second-order valence-electron chi connectivity index (χ2n) is 7.78. The Morgan fingerprint density at radius 2 is 1.83 bits per heavy atom. The smallest absolute Gasteiger partial charge is 0.266 e. The van der Waals surface area contributed by atoms with Gasteiger partial charge < -0.3 is 5.32 Å². The number of carbonyl (C=O) groups is 1. The second kappa shape index (κ2) is 9.38. The number of hydrogen-bond donors (Lipinski definition) is 1. The molecule has 0 radical (unpaired) electrons. The van der Waals surface area contributed by atoms with Crippen molar-refractivity contribution in [1.29, 1.82) is 0 Å². The molecule has 0 fully saturated rings. The van der Waals surface area contributed by atoms with Crippen LogP contribution < -0.4 is 15.2 Å². The van der Waals surface area contributed by atoms with Gasteiger partial charge in [-0.2, -0.15) is 0 Å². The molecule has 8 nitrogen and oxygen atoms in total. The fourth-order valence-corrected chi connectivity index (χ4v) is 6.74. The molecule has 5 rings (SSSR count). The zero-order valence-corrected chi connectivity index (χ0v) is 21.3. The predicted molar refractivity (Wildman–Crippen MR) is 143 cm³/mol. The number of fused-ring (bicyclic) bond motifs is 2. The summed E-state index contributed by atoms with van der Waals surface area (Å²) in [5, 5.41) is 3.07. The van der Waals surface area contributed by atoms with Gasteiger partial charge in [-0.3, -0.25) is 18.3 Å². The number of carbonyl (C=O) groups excluding carboxylic acids is 1. The number of thiophene rings is 1. The van der Waals surface area contributed by atoms with E-state index in [0.717, 1.165) is 11.3 Å². The summed E-state index contributed by atoms with van der Waals surface area (Å²) in [7, 11) is -4.01. The third-order valence-electron chi connectivity index (χ3n) is 5.53. The first kappa shape index (κ1) is 24.0. The molecule has 0 aliphatic heterocycles. The van der Waals surface area contributed by atoms with Gasteiger partial charge in [0.15, 0.2) is 0 Å². The average molecular weight is 539 g/mol. The minimum atomic E-state index is -4.01. The van der Waals surface area contributed by atoms with Gasteiger partial charge in [0.25, 0.3) is 21.5 Å². The first-order chi connectivity index (χ1) is 17.3. The molecule has 11 heteroatoms. The number of halogens is 1. The lowest BCUT2D eigenvalue weighted by molar-refractivity contribution is 0.103. The van der Waals surface area contributed by atoms with Crippen LogP contribution in [0.1, 0.15) is 16.6 Å². The van der Waals surface area contributed by atoms with Crippen LogP contribution >= 0.6 is 22.9 Å². The summed E-state index contributed by atoms with van der Waals surface area (Å²) in [6.07, 6.45) is 1.62. The summed E-state index contributed by atoms with van der Waals surface area (Å²) >= 11 is 7.37. The van der Waals surface area contributed by atoms with Crippen LogP contribution in [-0.2, 0) is 10.0 Å². The summed E-state index contributed by atoms with van der Waals surface area (Å²) in [6, 6.07) is 19.7. The molecule has 0 saturated carbocycles. The van der Waals surface area contributed by atoms with Crippen LogP contribution in [0.15, 0.2) is 88.7 Å². The van der Waals surface area contributed by atoms with Gasteiger partial charge in [0.2, 0.25) is 0 Å². The highest BCUT2D eigenvalue weighted by atomic mass is 35.5. The summed E-state index contributed by atoms with van der Waals surface area (Å²) in [5.74, 6) is -0.493. The maximum Gasteiger partial charge on any atom is 0.266 e. The van der Waals surface area contributed by atoms with Gasteiger partial charge in [-0.1, -0.05) is 35.9 Å². The third kappa shape index (κ3) is 4.23. The molecular weight excluding hydrogens is 520 g/mol. The first-order valence-electron chi connectivity index (χ1n) is 10.9. The van der Waals surface area contributed by atoms with Gasteiger partial charge in [-0.25, -0.2) is 13.4 Å². The molecule has 0 aliphatic carbocycles. The number of sulfonamides is 1. The Labute approximate surface area is 215 Å². The molecule has 0 spiro atoms. The van der Waals surface area contributed by atoms with Crippen LogP contribution in [0.5, 0.6) is 0 Å². The maximum absolute atomic E-state index is 13.4. The van der Waals surface area contributed by atoms with Gasteiger partial charge >= 0.3 is 0 Å². The Kier molecular flexibility index (Phi) is 6.25. The second-order valence-corrected chi connectivity index (χ2v) is 11.0. The van der Waals surface area contributed by atoms with Crippen LogP contribution in [0.25, 0.3) is 15.9 Å². The van der Waals surface area contributed by atoms with Crippen LogP contribution in [0, 0.1) is 0 Å². The summed E-state index contributed by atoms with van der Waals surface area (Å²) in [6.45, 7) is 1.92. The molecule has 1 amide bonds. The molecule has 0 aliphatic rings. The first-order valence-corrected chi connectivity index (χ1v) is 13.5. The lowest BCUT2D eigenvalue weighted by Gasteiger charge is -2.23. The minimum Gasteiger partial charge on any atom is -0.321 e. The maximum atomic E-state index is 13.4. The molecule has 0 saturated heterocycles. The Hall–Kier alpha value is -3.73. The number of nitrogens with one attached hydrogen (secondary N) is 1. The van der Waals surface area contributed by atoms with E-state index in [1.165, 1.54) is 33.0 Å². The van der Waals surface area contributed by atoms with E-state index < -0.39 is 15.9 Å². The number of benzene rings is 2. The SMILES string of the molecule is CCN(c1ccccc1)S(=O)(=O)c1cc(NC(=O)c2cc3c(=O)n4ccccc4nc3s2)ccc1Cl. The number of pyridine rings is 1. The summed E-state index contributed by atoms with van der Waals surface area (Å²) in [5.41, 5.74) is 0.961. The zero-order valence-electron chi connectivity index (χ0n) is 18.9. The Morgan fingerprint density at radius 1 is 1.08 bits per heavy atom. The molecule has 1 N–H and O–H groups in total. The van der Waals surface area contributed by atoms with Gasteiger partial charge in [0, 0.05) is 18.4 Å². The van der Waals surface area contributed by atoms with Crippen LogP contribution in [0.4, 0.5) is 11.4 Å².